The van der Waals surface area contributed by atoms with Crippen LogP contribution in [0.15, 0.2) is 23.1 Å². The van der Waals surface area contributed by atoms with Crippen molar-refractivity contribution in [2.75, 3.05) is 40.4 Å². The number of quaternary nitrogens is 1. The minimum atomic E-state index is -3.52. The Labute approximate surface area is 138 Å². The summed E-state index contributed by atoms with van der Waals surface area (Å²) in [6.07, 6.45) is 4.75. The number of sulfonamides is 1. The highest BCUT2D eigenvalue weighted by molar-refractivity contribution is 7.89. The highest BCUT2D eigenvalue weighted by Crippen LogP contribution is 2.29. The predicted molar refractivity (Wildman–Crippen MR) is 88.8 cm³/mol. The van der Waals surface area contributed by atoms with Crippen LogP contribution in [0.5, 0.6) is 11.5 Å². The highest BCUT2D eigenvalue weighted by atomic mass is 32.2. The molecular weight excluding hydrogens is 316 g/mol. The first-order chi connectivity index (χ1) is 11.1. The molecule has 1 heterocycles. The SMILES string of the molecule is COc1ccc(S(=O)(=O)NCCC[NH+]2CCCCC2)cc1OC. The molecule has 6 nitrogen and oxygen atoms in total. The molecule has 0 amide bonds. The Morgan fingerprint density at radius 1 is 1.09 bits per heavy atom. The van der Waals surface area contributed by atoms with E-state index < -0.39 is 10.0 Å². The summed E-state index contributed by atoms with van der Waals surface area (Å²) in [7, 11) is -0.505. The molecule has 0 aliphatic carbocycles. The first-order valence-corrected chi connectivity index (χ1v) is 9.60. The van der Waals surface area contributed by atoms with Crippen molar-refractivity contribution in [3.8, 4) is 11.5 Å². The Kier molecular flexibility index (Phi) is 6.68. The van der Waals surface area contributed by atoms with Gasteiger partial charge in [0.2, 0.25) is 10.0 Å². The van der Waals surface area contributed by atoms with Gasteiger partial charge < -0.3 is 14.4 Å². The van der Waals surface area contributed by atoms with E-state index in [1.165, 1.54) is 58.7 Å². The fourth-order valence-electron chi connectivity index (χ4n) is 2.91. The van der Waals surface area contributed by atoms with Crippen LogP contribution < -0.4 is 19.1 Å². The maximum absolute atomic E-state index is 12.3. The van der Waals surface area contributed by atoms with E-state index in [1.54, 1.807) is 11.0 Å². The molecule has 7 heteroatoms. The number of piperidine rings is 1. The number of methoxy groups -OCH3 is 2. The maximum Gasteiger partial charge on any atom is 0.240 e. The molecule has 1 aromatic carbocycles. The summed E-state index contributed by atoms with van der Waals surface area (Å²) < 4.78 is 37.6. The van der Waals surface area contributed by atoms with Gasteiger partial charge in [0.1, 0.15) is 0 Å². The molecule has 1 aromatic rings. The fourth-order valence-corrected chi connectivity index (χ4v) is 4.00. The zero-order valence-corrected chi connectivity index (χ0v) is 14.7. The lowest BCUT2D eigenvalue weighted by Gasteiger charge is -2.23. The predicted octanol–water partition coefficient (Wildman–Crippen LogP) is 0.441. The van der Waals surface area contributed by atoms with E-state index in [2.05, 4.69) is 4.72 Å². The number of ether oxygens (including phenoxy) is 2. The van der Waals surface area contributed by atoms with E-state index in [0.717, 1.165) is 13.0 Å². The zero-order chi connectivity index (χ0) is 16.7. The van der Waals surface area contributed by atoms with Crippen LogP contribution in [0, 0.1) is 0 Å². The minimum absolute atomic E-state index is 0.195. The van der Waals surface area contributed by atoms with Gasteiger partial charge in [-0.25, -0.2) is 13.1 Å². The third-order valence-electron chi connectivity index (χ3n) is 4.23. The average Bonchev–Trinajstić information content (AvgIpc) is 2.59. The third-order valence-corrected chi connectivity index (χ3v) is 5.68. The van der Waals surface area contributed by atoms with Crippen LogP contribution in [0.4, 0.5) is 0 Å². The van der Waals surface area contributed by atoms with Gasteiger partial charge in [-0.2, -0.15) is 0 Å². The first-order valence-electron chi connectivity index (χ1n) is 8.12. The van der Waals surface area contributed by atoms with Crippen molar-refractivity contribution in [3.05, 3.63) is 18.2 Å². The van der Waals surface area contributed by atoms with Crippen molar-refractivity contribution in [2.24, 2.45) is 0 Å². The Hall–Kier alpha value is -1.31. The summed E-state index contributed by atoms with van der Waals surface area (Å²) in [6.45, 7) is 3.90. The minimum Gasteiger partial charge on any atom is -0.493 e. The van der Waals surface area contributed by atoms with Crippen LogP contribution in [-0.4, -0.2) is 48.8 Å². The van der Waals surface area contributed by atoms with Gasteiger partial charge in [0.25, 0.3) is 0 Å². The second-order valence-corrected chi connectivity index (χ2v) is 7.60. The molecule has 1 saturated heterocycles. The summed E-state index contributed by atoms with van der Waals surface area (Å²) in [5.74, 6) is 0.924. The third kappa shape index (κ3) is 5.09. The lowest BCUT2D eigenvalue weighted by molar-refractivity contribution is -0.904. The Bertz CT molecular complexity index is 598. The van der Waals surface area contributed by atoms with Gasteiger partial charge in [-0.1, -0.05) is 0 Å². The molecule has 0 saturated carbocycles. The highest BCUT2D eigenvalue weighted by Gasteiger charge is 2.17. The normalized spacial score (nSPS) is 16.3. The molecule has 1 aliphatic heterocycles. The van der Waals surface area contributed by atoms with E-state index in [9.17, 15) is 8.42 Å². The van der Waals surface area contributed by atoms with Crippen LogP contribution in [0.1, 0.15) is 25.7 Å². The van der Waals surface area contributed by atoms with Crippen LogP contribution in [0.25, 0.3) is 0 Å². The van der Waals surface area contributed by atoms with Crippen LogP contribution in [-0.2, 0) is 10.0 Å². The molecule has 0 bridgehead atoms. The first kappa shape index (κ1) is 18.0. The van der Waals surface area contributed by atoms with Crippen molar-refractivity contribution in [1.82, 2.24) is 4.72 Å². The van der Waals surface area contributed by atoms with Crippen molar-refractivity contribution in [2.45, 2.75) is 30.6 Å². The monoisotopic (exact) mass is 343 g/mol. The molecule has 0 spiro atoms. The molecule has 2 rings (SSSR count). The van der Waals surface area contributed by atoms with Crippen LogP contribution in [0.2, 0.25) is 0 Å². The van der Waals surface area contributed by atoms with Crippen molar-refractivity contribution in [1.29, 1.82) is 0 Å². The van der Waals surface area contributed by atoms with E-state index >= 15 is 0 Å². The molecule has 2 N–H and O–H groups in total. The van der Waals surface area contributed by atoms with Crippen LogP contribution >= 0.6 is 0 Å². The molecule has 130 valence electrons. The standard InChI is InChI=1S/C16H26N2O4S/c1-21-15-8-7-14(13-16(15)22-2)23(19,20)17-9-6-12-18-10-4-3-5-11-18/h7-8,13,17H,3-6,9-12H2,1-2H3/p+1. The molecular formula is C16H27N2O4S+. The quantitative estimate of drug-likeness (QED) is 0.672. The van der Waals surface area contributed by atoms with E-state index in [4.69, 9.17) is 9.47 Å². The molecule has 0 unspecified atom stereocenters. The zero-order valence-electron chi connectivity index (χ0n) is 13.9. The van der Waals surface area contributed by atoms with Crippen molar-refractivity contribution in [3.63, 3.8) is 0 Å². The van der Waals surface area contributed by atoms with E-state index in [1.807, 2.05) is 0 Å². The summed E-state index contributed by atoms with van der Waals surface area (Å²) in [4.78, 5) is 1.78. The lowest BCUT2D eigenvalue weighted by atomic mass is 10.1. The summed E-state index contributed by atoms with van der Waals surface area (Å²) >= 11 is 0. The van der Waals surface area contributed by atoms with Gasteiger partial charge in [0.05, 0.1) is 38.7 Å². The van der Waals surface area contributed by atoms with E-state index in [-0.39, 0.29) is 4.90 Å². The van der Waals surface area contributed by atoms with Gasteiger partial charge >= 0.3 is 0 Å². The number of likely N-dealkylation sites (tertiary alicyclic amines) is 1. The second kappa shape index (κ2) is 8.52. The molecule has 1 fully saturated rings. The number of nitrogens with one attached hydrogen (secondary N) is 2. The Balaban J connectivity index is 1.88. The lowest BCUT2D eigenvalue weighted by Crippen LogP contribution is -3.12. The van der Waals surface area contributed by atoms with Gasteiger partial charge in [-0.05, 0) is 31.4 Å². The van der Waals surface area contributed by atoms with Gasteiger partial charge in [0.15, 0.2) is 11.5 Å². The van der Waals surface area contributed by atoms with Gasteiger partial charge in [0, 0.05) is 19.0 Å². The maximum atomic E-state index is 12.3. The van der Waals surface area contributed by atoms with Crippen LogP contribution in [0.3, 0.4) is 0 Å². The molecule has 0 aromatic heterocycles. The average molecular weight is 343 g/mol. The fraction of sp³-hybridized carbons (Fsp3) is 0.625. The second-order valence-electron chi connectivity index (χ2n) is 5.83. The smallest absolute Gasteiger partial charge is 0.240 e. The Morgan fingerprint density at radius 2 is 1.78 bits per heavy atom. The molecule has 0 atom stereocenters. The Morgan fingerprint density at radius 3 is 2.43 bits per heavy atom. The number of rotatable bonds is 8. The molecule has 0 radical (unpaired) electrons. The molecule has 23 heavy (non-hydrogen) atoms. The molecule has 1 aliphatic rings. The summed E-state index contributed by atoms with van der Waals surface area (Å²) in [5, 5.41) is 0. The summed E-state index contributed by atoms with van der Waals surface area (Å²) in [5.41, 5.74) is 0. The van der Waals surface area contributed by atoms with Gasteiger partial charge in [-0.3, -0.25) is 0 Å². The van der Waals surface area contributed by atoms with Gasteiger partial charge in [-0.15, -0.1) is 0 Å². The van der Waals surface area contributed by atoms with Crippen molar-refractivity contribution < 1.29 is 22.8 Å². The topological polar surface area (TPSA) is 69.1 Å². The number of benzene rings is 1. The number of hydrogen-bond acceptors (Lipinski definition) is 4. The van der Waals surface area contributed by atoms with Crippen molar-refractivity contribution >= 4 is 10.0 Å². The van der Waals surface area contributed by atoms with E-state index in [0.29, 0.717) is 18.0 Å². The largest absolute Gasteiger partial charge is 0.493 e. The number of hydrogen-bond donors (Lipinski definition) is 2. The summed E-state index contributed by atoms with van der Waals surface area (Å²) in [6, 6.07) is 4.61.